The molecule has 0 bridgehead atoms. The zero-order valence-electron chi connectivity index (χ0n) is 12.0. The minimum Gasteiger partial charge on any atom is -0.306 e. The van der Waals surface area contributed by atoms with Crippen LogP contribution in [0.3, 0.4) is 0 Å². The van der Waals surface area contributed by atoms with Gasteiger partial charge < -0.3 is 5.32 Å². The van der Waals surface area contributed by atoms with Crippen molar-refractivity contribution < 1.29 is 4.39 Å². The quantitative estimate of drug-likeness (QED) is 0.721. The summed E-state index contributed by atoms with van der Waals surface area (Å²) in [6.07, 6.45) is 0. The molecule has 1 unspecified atom stereocenters. The van der Waals surface area contributed by atoms with Gasteiger partial charge >= 0.3 is 0 Å². The first-order valence-corrected chi connectivity index (χ1v) is 7.19. The largest absolute Gasteiger partial charge is 0.306 e. The van der Waals surface area contributed by atoms with Crippen LogP contribution in [0, 0.1) is 5.82 Å². The molecule has 0 aliphatic heterocycles. The molecule has 0 amide bonds. The first-order chi connectivity index (χ1) is 10.2. The van der Waals surface area contributed by atoms with E-state index < -0.39 is 0 Å². The van der Waals surface area contributed by atoms with Crippen LogP contribution in [0.2, 0.25) is 0 Å². The van der Waals surface area contributed by atoms with Gasteiger partial charge in [0.15, 0.2) is 0 Å². The summed E-state index contributed by atoms with van der Waals surface area (Å²) in [5.74, 6) is -0.194. The summed E-state index contributed by atoms with van der Waals surface area (Å²) in [4.78, 5) is 0. The van der Waals surface area contributed by atoms with Gasteiger partial charge in [-0.05, 0) is 47.0 Å². The van der Waals surface area contributed by atoms with Crippen LogP contribution in [0.15, 0.2) is 66.7 Å². The molecular formula is C19H18FN. The summed E-state index contributed by atoms with van der Waals surface area (Å²) in [6, 6.07) is 21.7. The predicted molar refractivity (Wildman–Crippen MR) is 85.6 cm³/mol. The van der Waals surface area contributed by atoms with Crippen molar-refractivity contribution in [3.05, 3.63) is 83.7 Å². The predicted octanol–water partition coefficient (Wildman–Crippen LogP) is 4.83. The molecule has 1 N–H and O–H groups in total. The summed E-state index contributed by atoms with van der Waals surface area (Å²) < 4.78 is 12.9. The Balaban J connectivity index is 1.69. The van der Waals surface area contributed by atoms with Gasteiger partial charge in [-0.15, -0.1) is 0 Å². The molecule has 0 aliphatic carbocycles. The fraction of sp³-hybridized carbons (Fsp3) is 0.158. The Morgan fingerprint density at radius 1 is 0.905 bits per heavy atom. The van der Waals surface area contributed by atoms with E-state index in [9.17, 15) is 4.39 Å². The minimum atomic E-state index is -0.194. The normalized spacial score (nSPS) is 12.5. The van der Waals surface area contributed by atoms with Crippen molar-refractivity contribution in [1.29, 1.82) is 0 Å². The van der Waals surface area contributed by atoms with Gasteiger partial charge in [0.05, 0.1) is 0 Å². The van der Waals surface area contributed by atoms with Crippen LogP contribution in [-0.2, 0) is 6.54 Å². The molecule has 0 aromatic heterocycles. The first-order valence-electron chi connectivity index (χ1n) is 7.19. The van der Waals surface area contributed by atoms with Crippen molar-refractivity contribution in [2.24, 2.45) is 0 Å². The van der Waals surface area contributed by atoms with Crippen molar-refractivity contribution >= 4 is 10.8 Å². The van der Waals surface area contributed by atoms with Crippen molar-refractivity contribution in [3.8, 4) is 0 Å². The number of fused-ring (bicyclic) bond motifs is 1. The van der Waals surface area contributed by atoms with Gasteiger partial charge in [0.25, 0.3) is 0 Å². The molecule has 106 valence electrons. The molecule has 3 aromatic rings. The van der Waals surface area contributed by atoms with Crippen molar-refractivity contribution in [3.63, 3.8) is 0 Å². The molecule has 0 fully saturated rings. The number of benzene rings is 3. The standard InChI is InChI=1S/C19H18FN/c1-14(16-8-10-19(20)11-9-16)21-13-15-6-7-17-4-2-3-5-18(17)12-15/h2-12,14,21H,13H2,1H3. The maximum absolute atomic E-state index is 12.9. The average molecular weight is 279 g/mol. The second kappa shape index (κ2) is 6.06. The van der Waals surface area contributed by atoms with Gasteiger partial charge in [-0.2, -0.15) is 0 Å². The zero-order chi connectivity index (χ0) is 14.7. The Bertz CT molecular complexity index is 734. The van der Waals surface area contributed by atoms with Crippen LogP contribution < -0.4 is 5.32 Å². The fourth-order valence-corrected chi connectivity index (χ4v) is 2.49. The SMILES string of the molecule is CC(NCc1ccc2ccccc2c1)c1ccc(F)cc1. The van der Waals surface area contributed by atoms with Gasteiger partial charge in [-0.3, -0.25) is 0 Å². The second-order valence-electron chi connectivity index (χ2n) is 5.34. The van der Waals surface area contributed by atoms with Crippen LogP contribution in [0.1, 0.15) is 24.1 Å². The Kier molecular flexibility index (Phi) is 3.98. The summed E-state index contributed by atoms with van der Waals surface area (Å²) in [7, 11) is 0. The third-order valence-corrected chi connectivity index (χ3v) is 3.80. The Labute approximate surface area is 124 Å². The highest BCUT2D eigenvalue weighted by atomic mass is 19.1. The highest BCUT2D eigenvalue weighted by molar-refractivity contribution is 5.82. The molecule has 0 heterocycles. The van der Waals surface area contributed by atoms with E-state index in [4.69, 9.17) is 0 Å². The number of rotatable bonds is 4. The van der Waals surface area contributed by atoms with E-state index in [0.29, 0.717) is 0 Å². The molecule has 3 aromatic carbocycles. The van der Waals surface area contributed by atoms with Crippen molar-refractivity contribution in [2.45, 2.75) is 19.5 Å². The lowest BCUT2D eigenvalue weighted by molar-refractivity contribution is 0.571. The number of hydrogen-bond donors (Lipinski definition) is 1. The zero-order valence-corrected chi connectivity index (χ0v) is 12.0. The smallest absolute Gasteiger partial charge is 0.123 e. The molecule has 21 heavy (non-hydrogen) atoms. The molecule has 0 radical (unpaired) electrons. The molecule has 0 saturated carbocycles. The summed E-state index contributed by atoms with van der Waals surface area (Å²) in [5.41, 5.74) is 2.35. The molecule has 1 atom stereocenters. The van der Waals surface area contributed by atoms with Crippen molar-refractivity contribution in [1.82, 2.24) is 5.32 Å². The maximum Gasteiger partial charge on any atom is 0.123 e. The summed E-state index contributed by atoms with van der Waals surface area (Å²) in [6.45, 7) is 2.89. The van der Waals surface area contributed by atoms with Crippen LogP contribution in [0.4, 0.5) is 4.39 Å². The third kappa shape index (κ3) is 3.29. The van der Waals surface area contributed by atoms with E-state index >= 15 is 0 Å². The lowest BCUT2D eigenvalue weighted by atomic mass is 10.1. The molecular weight excluding hydrogens is 261 g/mol. The topological polar surface area (TPSA) is 12.0 Å². The molecule has 2 heteroatoms. The van der Waals surface area contributed by atoms with E-state index in [2.05, 4.69) is 54.7 Å². The van der Waals surface area contributed by atoms with Crippen LogP contribution in [0.25, 0.3) is 10.8 Å². The van der Waals surface area contributed by atoms with Crippen LogP contribution in [-0.4, -0.2) is 0 Å². The van der Waals surface area contributed by atoms with E-state index in [-0.39, 0.29) is 11.9 Å². The van der Waals surface area contributed by atoms with Crippen LogP contribution >= 0.6 is 0 Å². The molecule has 0 aliphatic rings. The van der Waals surface area contributed by atoms with Gasteiger partial charge in [-0.1, -0.05) is 48.5 Å². The van der Waals surface area contributed by atoms with E-state index in [0.717, 1.165) is 12.1 Å². The van der Waals surface area contributed by atoms with Gasteiger partial charge in [0, 0.05) is 12.6 Å². The minimum absolute atomic E-state index is 0.192. The van der Waals surface area contributed by atoms with E-state index in [1.54, 1.807) is 0 Å². The monoisotopic (exact) mass is 279 g/mol. The summed E-state index contributed by atoms with van der Waals surface area (Å²) >= 11 is 0. The number of nitrogens with one attached hydrogen (secondary N) is 1. The lowest BCUT2D eigenvalue weighted by Gasteiger charge is -2.14. The first kappa shape index (κ1) is 13.8. The lowest BCUT2D eigenvalue weighted by Crippen LogP contribution is -2.18. The number of hydrogen-bond acceptors (Lipinski definition) is 1. The van der Waals surface area contributed by atoms with Gasteiger partial charge in [-0.25, -0.2) is 4.39 Å². The third-order valence-electron chi connectivity index (χ3n) is 3.80. The Morgan fingerprint density at radius 3 is 2.38 bits per heavy atom. The molecule has 3 rings (SSSR count). The van der Waals surface area contributed by atoms with Gasteiger partial charge in [0.1, 0.15) is 5.82 Å². The highest BCUT2D eigenvalue weighted by Gasteiger charge is 2.05. The average Bonchev–Trinajstić information content (AvgIpc) is 2.53. The fourth-order valence-electron chi connectivity index (χ4n) is 2.49. The van der Waals surface area contributed by atoms with E-state index in [1.165, 1.54) is 28.5 Å². The Morgan fingerprint density at radius 2 is 1.62 bits per heavy atom. The Hall–Kier alpha value is -2.19. The van der Waals surface area contributed by atoms with Crippen molar-refractivity contribution in [2.75, 3.05) is 0 Å². The van der Waals surface area contributed by atoms with E-state index in [1.807, 2.05) is 12.1 Å². The van der Waals surface area contributed by atoms with Crippen LogP contribution in [0.5, 0.6) is 0 Å². The maximum atomic E-state index is 12.9. The number of halogens is 1. The molecule has 1 nitrogen and oxygen atoms in total. The second-order valence-corrected chi connectivity index (χ2v) is 5.34. The summed E-state index contributed by atoms with van der Waals surface area (Å²) in [5, 5.41) is 5.99. The molecule has 0 spiro atoms. The highest BCUT2D eigenvalue weighted by Crippen LogP contribution is 2.17. The molecule has 0 saturated heterocycles. The van der Waals surface area contributed by atoms with Gasteiger partial charge in [0.2, 0.25) is 0 Å².